The minimum Gasteiger partial charge on any atom is -0.352 e. The van der Waals surface area contributed by atoms with E-state index in [9.17, 15) is 0 Å². The number of aromatic nitrogens is 6. The summed E-state index contributed by atoms with van der Waals surface area (Å²) < 4.78 is 2.23. The van der Waals surface area contributed by atoms with Gasteiger partial charge in [-0.25, -0.2) is 4.98 Å². The van der Waals surface area contributed by atoms with Crippen LogP contribution in [0.3, 0.4) is 0 Å². The van der Waals surface area contributed by atoms with Gasteiger partial charge in [-0.1, -0.05) is 60.3 Å². The number of rotatable bonds is 8. The number of nitrogens with one attached hydrogen (secondary N) is 2. The fourth-order valence-electron chi connectivity index (χ4n) is 3.56. The highest BCUT2D eigenvalue weighted by molar-refractivity contribution is 7.98. The van der Waals surface area contributed by atoms with E-state index in [1.165, 1.54) is 10.9 Å². The monoisotopic (exact) mass is 414 g/mol. The zero-order chi connectivity index (χ0) is 20.2. The molecule has 0 aliphatic rings. The minimum absolute atomic E-state index is 0.841. The van der Waals surface area contributed by atoms with Gasteiger partial charge in [-0.05, 0) is 30.5 Å². The van der Waals surface area contributed by atoms with Gasteiger partial charge in [0.1, 0.15) is 0 Å². The first-order chi connectivity index (χ1) is 14.9. The second-order valence-corrected chi connectivity index (χ2v) is 8.13. The Morgan fingerprint density at radius 2 is 1.83 bits per heavy atom. The number of aryl methyl sites for hydroxylation is 1. The summed E-state index contributed by atoms with van der Waals surface area (Å²) in [4.78, 5) is 10.8. The Morgan fingerprint density at radius 1 is 0.967 bits per heavy atom. The number of fused-ring (bicyclic) bond motifs is 1. The van der Waals surface area contributed by atoms with Crippen LogP contribution < -0.4 is 0 Å². The van der Waals surface area contributed by atoms with Crippen molar-refractivity contribution in [2.24, 2.45) is 0 Å². The van der Waals surface area contributed by atoms with Gasteiger partial charge < -0.3 is 14.5 Å². The summed E-state index contributed by atoms with van der Waals surface area (Å²) in [5, 5.41) is 11.2. The van der Waals surface area contributed by atoms with E-state index < -0.39 is 0 Å². The quantitative estimate of drug-likeness (QED) is 0.347. The first-order valence-corrected chi connectivity index (χ1v) is 11.0. The van der Waals surface area contributed by atoms with Crippen LogP contribution in [0, 0.1) is 0 Å². The fourth-order valence-corrected chi connectivity index (χ4v) is 4.48. The topological polar surface area (TPSA) is 75.2 Å². The molecule has 0 bridgehead atoms. The van der Waals surface area contributed by atoms with Crippen molar-refractivity contribution < 1.29 is 0 Å². The summed E-state index contributed by atoms with van der Waals surface area (Å²) >= 11 is 1.73. The molecule has 5 rings (SSSR count). The lowest BCUT2D eigenvalue weighted by Gasteiger charge is -2.09. The van der Waals surface area contributed by atoms with Gasteiger partial charge in [-0.2, -0.15) is 0 Å². The number of H-pyrrole nitrogens is 2. The molecular formula is C23H22N6S. The Morgan fingerprint density at radius 3 is 2.67 bits per heavy atom. The number of benzene rings is 2. The van der Waals surface area contributed by atoms with Gasteiger partial charge in [-0.3, -0.25) is 0 Å². The van der Waals surface area contributed by atoms with E-state index in [0.29, 0.717) is 0 Å². The first-order valence-electron chi connectivity index (χ1n) is 10.0. The molecule has 7 heteroatoms. The van der Waals surface area contributed by atoms with Crippen molar-refractivity contribution in [3.8, 4) is 11.5 Å². The van der Waals surface area contributed by atoms with Crippen molar-refractivity contribution in [1.82, 2.24) is 29.7 Å². The molecule has 0 amide bonds. The van der Waals surface area contributed by atoms with E-state index in [0.717, 1.165) is 53.0 Å². The molecule has 5 aromatic rings. The number of hydrogen-bond donors (Lipinski definition) is 2. The minimum atomic E-state index is 0.841. The summed E-state index contributed by atoms with van der Waals surface area (Å²) in [6.45, 7) is 0.841. The molecule has 0 unspecified atom stereocenters. The molecule has 0 radical (unpaired) electrons. The van der Waals surface area contributed by atoms with E-state index in [1.807, 2.05) is 18.3 Å². The third kappa shape index (κ3) is 4.02. The maximum absolute atomic E-state index is 4.55. The Kier molecular flexibility index (Phi) is 5.35. The van der Waals surface area contributed by atoms with Gasteiger partial charge in [0, 0.05) is 35.1 Å². The zero-order valence-electron chi connectivity index (χ0n) is 16.5. The van der Waals surface area contributed by atoms with Crippen LogP contribution in [0.25, 0.3) is 22.4 Å². The van der Waals surface area contributed by atoms with Crippen LogP contribution in [0.5, 0.6) is 0 Å². The van der Waals surface area contributed by atoms with E-state index in [-0.39, 0.29) is 0 Å². The molecule has 3 heterocycles. The highest BCUT2D eigenvalue weighted by Gasteiger charge is 2.16. The number of hydrogen-bond acceptors (Lipinski definition) is 4. The van der Waals surface area contributed by atoms with E-state index in [4.69, 9.17) is 0 Å². The summed E-state index contributed by atoms with van der Waals surface area (Å²) in [6.07, 6.45) is 5.53. The van der Waals surface area contributed by atoms with Crippen LogP contribution in [0.4, 0.5) is 0 Å². The normalized spacial score (nSPS) is 11.3. The van der Waals surface area contributed by atoms with Gasteiger partial charge in [0.15, 0.2) is 11.0 Å². The van der Waals surface area contributed by atoms with Gasteiger partial charge in [-0.15, -0.1) is 10.2 Å². The molecule has 0 saturated carbocycles. The molecule has 2 aromatic carbocycles. The average Bonchev–Trinajstić information content (AvgIpc) is 3.52. The van der Waals surface area contributed by atoms with Gasteiger partial charge in [0.05, 0.1) is 12.0 Å². The lowest BCUT2D eigenvalue weighted by Crippen LogP contribution is -2.04. The molecule has 0 saturated heterocycles. The Hall–Kier alpha value is -3.32. The van der Waals surface area contributed by atoms with Crippen LogP contribution in [-0.4, -0.2) is 29.7 Å². The van der Waals surface area contributed by atoms with Crippen LogP contribution >= 0.6 is 11.8 Å². The number of nitrogens with zero attached hydrogens (tertiary/aromatic N) is 4. The summed E-state index contributed by atoms with van der Waals surface area (Å²) in [7, 11) is 0. The van der Waals surface area contributed by atoms with Crippen LogP contribution in [0.1, 0.15) is 17.7 Å². The van der Waals surface area contributed by atoms with Gasteiger partial charge in [0.2, 0.25) is 0 Å². The second-order valence-electron chi connectivity index (χ2n) is 7.18. The average molecular weight is 415 g/mol. The summed E-state index contributed by atoms with van der Waals surface area (Å²) in [5.41, 5.74) is 4.53. The zero-order valence-corrected chi connectivity index (χ0v) is 17.3. The molecule has 30 heavy (non-hydrogen) atoms. The highest BCUT2D eigenvalue weighted by atomic mass is 32.2. The number of imidazole rings is 1. The standard InChI is InChI=1S/C23H22N6S/c1-2-7-17(8-3-1)15-30-23-28-27-22(21-13-18-9-4-5-11-20(18)26-21)29(23)12-6-10-19-14-24-16-25-19/h1-5,7-9,11,13-14,16,26H,6,10,12,15H2,(H,24,25). The summed E-state index contributed by atoms with van der Waals surface area (Å²) in [5.74, 6) is 1.75. The van der Waals surface area contributed by atoms with Crippen molar-refractivity contribution in [2.75, 3.05) is 0 Å². The number of aromatic amines is 2. The molecule has 150 valence electrons. The molecule has 0 aliphatic heterocycles. The van der Waals surface area contributed by atoms with Crippen LogP contribution in [-0.2, 0) is 18.7 Å². The molecule has 3 aromatic heterocycles. The molecule has 2 N–H and O–H groups in total. The van der Waals surface area contributed by atoms with Crippen molar-refractivity contribution in [1.29, 1.82) is 0 Å². The van der Waals surface area contributed by atoms with Gasteiger partial charge >= 0.3 is 0 Å². The first kappa shape index (κ1) is 18.7. The third-order valence-corrected chi connectivity index (χ3v) is 6.12. The third-order valence-electron chi connectivity index (χ3n) is 5.08. The number of thioether (sulfide) groups is 1. The predicted octanol–water partition coefficient (Wildman–Crippen LogP) is 5.07. The van der Waals surface area contributed by atoms with Crippen molar-refractivity contribution in [3.63, 3.8) is 0 Å². The molecule has 0 fully saturated rings. The largest absolute Gasteiger partial charge is 0.352 e. The van der Waals surface area contributed by atoms with Crippen molar-refractivity contribution in [3.05, 3.63) is 84.4 Å². The lowest BCUT2D eigenvalue weighted by molar-refractivity contribution is 0.596. The maximum Gasteiger partial charge on any atom is 0.191 e. The SMILES string of the molecule is c1ccc(CSc2nnc(-c3cc4ccccc4[nH]3)n2CCCc2cnc[nH]2)cc1. The molecular weight excluding hydrogens is 392 g/mol. The molecule has 0 atom stereocenters. The van der Waals surface area contributed by atoms with E-state index >= 15 is 0 Å². The number of para-hydroxylation sites is 1. The fraction of sp³-hybridized carbons (Fsp3) is 0.174. The lowest BCUT2D eigenvalue weighted by atomic mass is 10.2. The predicted molar refractivity (Wildman–Crippen MR) is 120 cm³/mol. The highest BCUT2D eigenvalue weighted by Crippen LogP contribution is 2.28. The van der Waals surface area contributed by atoms with Crippen molar-refractivity contribution in [2.45, 2.75) is 30.3 Å². The Balaban J connectivity index is 1.42. The Bertz CT molecular complexity index is 1190. The van der Waals surface area contributed by atoms with Gasteiger partial charge in [0.25, 0.3) is 0 Å². The Labute approximate surface area is 178 Å². The molecule has 0 aliphatic carbocycles. The second kappa shape index (κ2) is 8.59. The molecule has 0 spiro atoms. The van der Waals surface area contributed by atoms with Crippen LogP contribution in [0.2, 0.25) is 0 Å². The smallest absolute Gasteiger partial charge is 0.191 e. The maximum atomic E-state index is 4.55. The van der Waals surface area contributed by atoms with E-state index in [2.05, 4.69) is 78.2 Å². The summed E-state index contributed by atoms with van der Waals surface area (Å²) in [6, 6.07) is 20.9. The van der Waals surface area contributed by atoms with E-state index in [1.54, 1.807) is 18.1 Å². The van der Waals surface area contributed by atoms with Crippen molar-refractivity contribution >= 4 is 22.7 Å². The van der Waals surface area contributed by atoms with Crippen LogP contribution in [0.15, 0.2) is 78.3 Å². The molecule has 6 nitrogen and oxygen atoms in total.